The van der Waals surface area contributed by atoms with Gasteiger partial charge in [-0.15, -0.1) is 23.1 Å². The number of rotatable bonds is 6. The lowest BCUT2D eigenvalue weighted by molar-refractivity contribution is -0.113. The Bertz CT molecular complexity index is 848. The largest absolute Gasteiger partial charge is 0.497 e. The first-order valence-electron chi connectivity index (χ1n) is 7.42. The second kappa shape index (κ2) is 8.38. The van der Waals surface area contributed by atoms with Crippen LogP contribution in [-0.4, -0.2) is 23.8 Å². The fourth-order valence-electron chi connectivity index (χ4n) is 2.06. The molecule has 0 fully saturated rings. The highest BCUT2D eigenvalue weighted by Crippen LogP contribution is 2.26. The van der Waals surface area contributed by atoms with Crippen LogP contribution in [0.4, 0.5) is 5.13 Å². The molecule has 3 aromatic rings. The Morgan fingerprint density at radius 2 is 1.92 bits per heavy atom. The number of benzene rings is 2. The van der Waals surface area contributed by atoms with Crippen molar-refractivity contribution in [2.75, 3.05) is 18.2 Å². The van der Waals surface area contributed by atoms with Crippen LogP contribution >= 0.6 is 34.7 Å². The number of nitrogens with one attached hydrogen (secondary N) is 1. The van der Waals surface area contributed by atoms with Gasteiger partial charge in [-0.05, 0) is 36.4 Å². The molecule has 0 aliphatic rings. The molecule has 2 aromatic carbocycles. The number of methoxy groups -OCH3 is 1. The highest BCUT2D eigenvalue weighted by Gasteiger charge is 2.09. The molecule has 0 aliphatic carbocycles. The van der Waals surface area contributed by atoms with Crippen molar-refractivity contribution in [3.63, 3.8) is 0 Å². The first-order valence-corrected chi connectivity index (χ1v) is 9.66. The zero-order chi connectivity index (χ0) is 17.6. The number of carbonyl (C=O) groups is 1. The van der Waals surface area contributed by atoms with E-state index in [0.717, 1.165) is 21.9 Å². The van der Waals surface area contributed by atoms with Crippen LogP contribution in [0.5, 0.6) is 5.75 Å². The fraction of sp³-hybridized carbons (Fsp3) is 0.111. The van der Waals surface area contributed by atoms with E-state index in [1.165, 1.54) is 23.1 Å². The molecular formula is C18H15ClN2O2S2. The highest BCUT2D eigenvalue weighted by molar-refractivity contribution is 8.00. The lowest BCUT2D eigenvalue weighted by atomic mass is 10.2. The van der Waals surface area contributed by atoms with E-state index in [2.05, 4.69) is 10.3 Å². The number of hydrogen-bond acceptors (Lipinski definition) is 5. The molecule has 7 heteroatoms. The molecule has 0 unspecified atom stereocenters. The topological polar surface area (TPSA) is 51.2 Å². The van der Waals surface area contributed by atoms with Crippen LogP contribution in [0, 0.1) is 0 Å². The third kappa shape index (κ3) is 4.98. The van der Waals surface area contributed by atoms with E-state index in [1.807, 2.05) is 53.9 Å². The summed E-state index contributed by atoms with van der Waals surface area (Å²) in [5.74, 6) is 1.03. The summed E-state index contributed by atoms with van der Waals surface area (Å²) in [6, 6.07) is 15.1. The van der Waals surface area contributed by atoms with Crippen molar-refractivity contribution in [1.29, 1.82) is 0 Å². The van der Waals surface area contributed by atoms with Gasteiger partial charge in [-0.1, -0.05) is 23.7 Å². The minimum atomic E-state index is -0.0853. The van der Waals surface area contributed by atoms with E-state index in [0.29, 0.717) is 15.9 Å². The Kier molecular flexibility index (Phi) is 5.96. The Morgan fingerprint density at radius 3 is 2.60 bits per heavy atom. The molecule has 1 aromatic heterocycles. The standard InChI is InChI=1S/C18H15ClN2O2S2/c1-23-14-6-8-15(9-7-14)24-11-17(22)21-18-20-16(10-25-18)12-2-4-13(19)5-3-12/h2-10H,11H2,1H3,(H,20,21,22). The Labute approximate surface area is 159 Å². The van der Waals surface area contributed by atoms with Crippen LogP contribution in [0.25, 0.3) is 11.3 Å². The van der Waals surface area contributed by atoms with Crippen molar-refractivity contribution in [2.45, 2.75) is 4.90 Å². The number of ether oxygens (including phenoxy) is 1. The SMILES string of the molecule is COc1ccc(SCC(=O)Nc2nc(-c3ccc(Cl)cc3)cs2)cc1. The molecule has 1 N–H and O–H groups in total. The zero-order valence-electron chi connectivity index (χ0n) is 13.4. The summed E-state index contributed by atoms with van der Waals surface area (Å²) in [5, 5.41) is 6.02. The molecular weight excluding hydrogens is 376 g/mol. The molecule has 0 saturated heterocycles. The lowest BCUT2D eigenvalue weighted by Crippen LogP contribution is -2.13. The van der Waals surface area contributed by atoms with Crippen LogP contribution in [0.1, 0.15) is 0 Å². The number of halogens is 1. The monoisotopic (exact) mass is 390 g/mol. The molecule has 128 valence electrons. The van der Waals surface area contributed by atoms with Gasteiger partial charge in [0.2, 0.25) is 5.91 Å². The number of hydrogen-bond donors (Lipinski definition) is 1. The maximum Gasteiger partial charge on any atom is 0.236 e. The van der Waals surface area contributed by atoms with Crippen LogP contribution in [0.15, 0.2) is 58.8 Å². The Morgan fingerprint density at radius 1 is 1.20 bits per heavy atom. The summed E-state index contributed by atoms with van der Waals surface area (Å²) in [5.41, 5.74) is 1.79. The third-order valence-electron chi connectivity index (χ3n) is 3.32. The van der Waals surface area contributed by atoms with Crippen molar-refractivity contribution in [1.82, 2.24) is 4.98 Å². The average Bonchev–Trinajstić information content (AvgIpc) is 3.09. The van der Waals surface area contributed by atoms with Gasteiger partial charge in [0.25, 0.3) is 0 Å². The number of carbonyl (C=O) groups excluding carboxylic acids is 1. The van der Waals surface area contributed by atoms with Gasteiger partial charge < -0.3 is 10.1 Å². The van der Waals surface area contributed by atoms with E-state index in [4.69, 9.17) is 16.3 Å². The summed E-state index contributed by atoms with van der Waals surface area (Å²) in [6.07, 6.45) is 0. The van der Waals surface area contributed by atoms with Crippen molar-refractivity contribution in [3.05, 3.63) is 58.9 Å². The van der Waals surface area contributed by atoms with Gasteiger partial charge in [-0.3, -0.25) is 4.79 Å². The molecule has 0 spiro atoms. The lowest BCUT2D eigenvalue weighted by Gasteiger charge is -2.03. The minimum Gasteiger partial charge on any atom is -0.497 e. The van der Waals surface area contributed by atoms with Crippen LogP contribution < -0.4 is 10.1 Å². The molecule has 0 aliphatic heterocycles. The van der Waals surface area contributed by atoms with Gasteiger partial charge in [0.1, 0.15) is 5.75 Å². The maximum absolute atomic E-state index is 12.1. The van der Waals surface area contributed by atoms with Gasteiger partial charge >= 0.3 is 0 Å². The van der Waals surface area contributed by atoms with Crippen molar-refractivity contribution >= 4 is 45.7 Å². The number of thiazole rings is 1. The van der Waals surface area contributed by atoms with Crippen LogP contribution in [-0.2, 0) is 4.79 Å². The molecule has 1 amide bonds. The molecule has 3 rings (SSSR count). The number of thioether (sulfide) groups is 1. The van der Waals surface area contributed by atoms with E-state index < -0.39 is 0 Å². The number of anilines is 1. The first kappa shape index (κ1) is 17.8. The van der Waals surface area contributed by atoms with Crippen LogP contribution in [0.2, 0.25) is 5.02 Å². The summed E-state index contributed by atoms with van der Waals surface area (Å²) in [6.45, 7) is 0. The predicted molar refractivity (Wildman–Crippen MR) is 105 cm³/mol. The normalized spacial score (nSPS) is 10.5. The minimum absolute atomic E-state index is 0.0853. The first-order chi connectivity index (χ1) is 12.1. The Hall–Kier alpha value is -2.02. The smallest absolute Gasteiger partial charge is 0.236 e. The van der Waals surface area contributed by atoms with Crippen molar-refractivity contribution in [3.8, 4) is 17.0 Å². The number of amides is 1. The van der Waals surface area contributed by atoms with Crippen molar-refractivity contribution in [2.24, 2.45) is 0 Å². The fourth-order valence-corrected chi connectivity index (χ4v) is 3.62. The predicted octanol–water partition coefficient (Wildman–Crippen LogP) is 5.20. The Balaban J connectivity index is 1.55. The zero-order valence-corrected chi connectivity index (χ0v) is 15.8. The average molecular weight is 391 g/mol. The van der Waals surface area contributed by atoms with Gasteiger partial charge in [0.05, 0.1) is 18.6 Å². The highest BCUT2D eigenvalue weighted by atomic mass is 35.5. The van der Waals surface area contributed by atoms with Gasteiger partial charge in [-0.25, -0.2) is 4.98 Å². The molecule has 0 radical (unpaired) electrons. The summed E-state index contributed by atoms with van der Waals surface area (Å²) in [7, 11) is 1.63. The molecule has 25 heavy (non-hydrogen) atoms. The van der Waals surface area contributed by atoms with E-state index in [1.54, 1.807) is 7.11 Å². The molecule has 4 nitrogen and oxygen atoms in total. The van der Waals surface area contributed by atoms with E-state index in [-0.39, 0.29) is 5.91 Å². The number of nitrogens with zero attached hydrogens (tertiary/aromatic N) is 1. The maximum atomic E-state index is 12.1. The van der Waals surface area contributed by atoms with Gasteiger partial charge in [-0.2, -0.15) is 0 Å². The second-order valence-electron chi connectivity index (χ2n) is 5.06. The summed E-state index contributed by atoms with van der Waals surface area (Å²) in [4.78, 5) is 17.5. The van der Waals surface area contributed by atoms with Crippen LogP contribution in [0.3, 0.4) is 0 Å². The molecule has 0 atom stereocenters. The molecule has 0 saturated carbocycles. The second-order valence-corrected chi connectivity index (χ2v) is 7.40. The summed E-state index contributed by atoms with van der Waals surface area (Å²) >= 11 is 8.76. The van der Waals surface area contributed by atoms with Gasteiger partial charge in [0.15, 0.2) is 5.13 Å². The number of aromatic nitrogens is 1. The van der Waals surface area contributed by atoms with E-state index in [9.17, 15) is 4.79 Å². The summed E-state index contributed by atoms with van der Waals surface area (Å²) < 4.78 is 5.12. The molecule has 0 bridgehead atoms. The molecule has 1 heterocycles. The third-order valence-corrected chi connectivity index (χ3v) is 5.34. The van der Waals surface area contributed by atoms with Crippen molar-refractivity contribution < 1.29 is 9.53 Å². The quantitative estimate of drug-likeness (QED) is 0.587. The van der Waals surface area contributed by atoms with E-state index >= 15 is 0 Å². The van der Waals surface area contributed by atoms with Gasteiger partial charge in [0, 0.05) is 20.9 Å².